The lowest BCUT2D eigenvalue weighted by Crippen LogP contribution is -2.31. The van der Waals surface area contributed by atoms with Gasteiger partial charge in [0.15, 0.2) is 0 Å². The highest BCUT2D eigenvalue weighted by molar-refractivity contribution is 5.95. The first-order chi connectivity index (χ1) is 11.1. The number of aryl methyl sites for hydroxylation is 2. The molecule has 0 radical (unpaired) electrons. The van der Waals surface area contributed by atoms with Gasteiger partial charge in [-0.15, -0.1) is 0 Å². The van der Waals surface area contributed by atoms with Gasteiger partial charge in [-0.1, -0.05) is 30.3 Å². The van der Waals surface area contributed by atoms with Crippen LogP contribution in [-0.2, 0) is 0 Å². The maximum absolute atomic E-state index is 12.3. The molecule has 1 aliphatic rings. The second-order valence-corrected chi connectivity index (χ2v) is 6.46. The minimum atomic E-state index is 0.0390. The fourth-order valence-electron chi connectivity index (χ4n) is 3.22. The molecule has 0 spiro atoms. The summed E-state index contributed by atoms with van der Waals surface area (Å²) in [5, 5.41) is 3.10. The van der Waals surface area contributed by atoms with Gasteiger partial charge >= 0.3 is 0 Å². The SMILES string of the molecule is Cc1cccc(N2CCC(CNC(=O)c3ccccc3C)C2)c1. The first-order valence-corrected chi connectivity index (χ1v) is 8.29. The zero-order valence-electron chi connectivity index (χ0n) is 13.9. The molecule has 0 saturated carbocycles. The monoisotopic (exact) mass is 308 g/mol. The fourth-order valence-corrected chi connectivity index (χ4v) is 3.22. The van der Waals surface area contributed by atoms with Crippen LogP contribution < -0.4 is 10.2 Å². The number of anilines is 1. The smallest absolute Gasteiger partial charge is 0.251 e. The Balaban J connectivity index is 1.54. The van der Waals surface area contributed by atoms with Crippen molar-refractivity contribution < 1.29 is 4.79 Å². The maximum atomic E-state index is 12.3. The van der Waals surface area contributed by atoms with Crippen molar-refractivity contribution in [2.24, 2.45) is 5.92 Å². The molecule has 1 amide bonds. The Labute approximate surface area is 138 Å². The first-order valence-electron chi connectivity index (χ1n) is 8.29. The summed E-state index contributed by atoms with van der Waals surface area (Å²) in [6, 6.07) is 16.4. The van der Waals surface area contributed by atoms with E-state index in [-0.39, 0.29) is 5.91 Å². The van der Waals surface area contributed by atoms with Crippen LogP contribution in [0.3, 0.4) is 0 Å². The molecule has 1 saturated heterocycles. The third kappa shape index (κ3) is 3.73. The molecule has 1 unspecified atom stereocenters. The predicted molar refractivity (Wildman–Crippen MR) is 95.0 cm³/mol. The van der Waals surface area contributed by atoms with Crippen LogP contribution >= 0.6 is 0 Å². The van der Waals surface area contributed by atoms with Crippen molar-refractivity contribution in [3.63, 3.8) is 0 Å². The molecular weight excluding hydrogens is 284 g/mol. The molecule has 0 aromatic heterocycles. The van der Waals surface area contributed by atoms with E-state index in [4.69, 9.17) is 0 Å². The number of carbonyl (C=O) groups is 1. The third-order valence-corrected chi connectivity index (χ3v) is 4.59. The van der Waals surface area contributed by atoms with Crippen LogP contribution in [0, 0.1) is 19.8 Å². The Morgan fingerprint density at radius 3 is 2.78 bits per heavy atom. The summed E-state index contributed by atoms with van der Waals surface area (Å²) < 4.78 is 0. The van der Waals surface area contributed by atoms with E-state index in [1.54, 1.807) is 0 Å². The zero-order chi connectivity index (χ0) is 16.2. The van der Waals surface area contributed by atoms with Gasteiger partial charge in [-0.25, -0.2) is 0 Å². The molecule has 1 heterocycles. The summed E-state index contributed by atoms with van der Waals surface area (Å²) in [4.78, 5) is 14.7. The van der Waals surface area contributed by atoms with Crippen LogP contribution in [0.5, 0.6) is 0 Å². The number of hydrogen-bond donors (Lipinski definition) is 1. The van der Waals surface area contributed by atoms with E-state index in [0.29, 0.717) is 5.92 Å². The van der Waals surface area contributed by atoms with E-state index in [1.807, 2.05) is 31.2 Å². The summed E-state index contributed by atoms with van der Waals surface area (Å²) >= 11 is 0. The van der Waals surface area contributed by atoms with Crippen molar-refractivity contribution in [2.45, 2.75) is 20.3 Å². The van der Waals surface area contributed by atoms with E-state index in [2.05, 4.69) is 41.4 Å². The van der Waals surface area contributed by atoms with Crippen molar-refractivity contribution in [1.29, 1.82) is 0 Å². The summed E-state index contributed by atoms with van der Waals surface area (Å²) in [6.45, 7) is 6.92. The Bertz CT molecular complexity index is 696. The topological polar surface area (TPSA) is 32.3 Å². The van der Waals surface area contributed by atoms with Crippen LogP contribution in [0.15, 0.2) is 48.5 Å². The number of nitrogens with one attached hydrogen (secondary N) is 1. The highest BCUT2D eigenvalue weighted by Gasteiger charge is 2.23. The second-order valence-electron chi connectivity index (χ2n) is 6.46. The van der Waals surface area contributed by atoms with Crippen molar-refractivity contribution in [1.82, 2.24) is 5.32 Å². The zero-order valence-corrected chi connectivity index (χ0v) is 13.9. The molecule has 3 heteroatoms. The van der Waals surface area contributed by atoms with Gasteiger partial charge in [-0.3, -0.25) is 4.79 Å². The Kier molecular flexibility index (Phi) is 4.65. The van der Waals surface area contributed by atoms with Crippen molar-refractivity contribution >= 4 is 11.6 Å². The molecule has 0 bridgehead atoms. The van der Waals surface area contributed by atoms with Gasteiger partial charge in [0.2, 0.25) is 0 Å². The summed E-state index contributed by atoms with van der Waals surface area (Å²) in [5.41, 5.74) is 4.38. The third-order valence-electron chi connectivity index (χ3n) is 4.59. The van der Waals surface area contributed by atoms with Crippen LogP contribution in [0.4, 0.5) is 5.69 Å². The van der Waals surface area contributed by atoms with E-state index in [1.165, 1.54) is 11.3 Å². The highest BCUT2D eigenvalue weighted by atomic mass is 16.1. The average molecular weight is 308 g/mol. The molecule has 1 aliphatic heterocycles. The van der Waals surface area contributed by atoms with E-state index < -0.39 is 0 Å². The summed E-state index contributed by atoms with van der Waals surface area (Å²) in [6.07, 6.45) is 1.13. The van der Waals surface area contributed by atoms with Gasteiger partial charge in [-0.2, -0.15) is 0 Å². The van der Waals surface area contributed by atoms with E-state index in [0.717, 1.165) is 37.2 Å². The van der Waals surface area contributed by atoms with Crippen LogP contribution in [0.25, 0.3) is 0 Å². The Hall–Kier alpha value is -2.29. The first kappa shape index (κ1) is 15.6. The van der Waals surface area contributed by atoms with Crippen LogP contribution in [0.1, 0.15) is 27.9 Å². The molecule has 2 aromatic carbocycles. The normalized spacial score (nSPS) is 17.3. The number of hydrogen-bond acceptors (Lipinski definition) is 2. The Morgan fingerprint density at radius 2 is 2.00 bits per heavy atom. The van der Waals surface area contributed by atoms with E-state index in [9.17, 15) is 4.79 Å². The van der Waals surface area contributed by atoms with Gasteiger partial charge in [0, 0.05) is 30.9 Å². The van der Waals surface area contributed by atoms with Crippen LogP contribution in [0.2, 0.25) is 0 Å². The molecular formula is C20H24N2O. The molecule has 1 N–H and O–H groups in total. The van der Waals surface area contributed by atoms with E-state index >= 15 is 0 Å². The van der Waals surface area contributed by atoms with Gasteiger partial charge in [0.05, 0.1) is 0 Å². The minimum Gasteiger partial charge on any atom is -0.371 e. The Morgan fingerprint density at radius 1 is 1.17 bits per heavy atom. The van der Waals surface area contributed by atoms with Gasteiger partial charge in [0.1, 0.15) is 0 Å². The van der Waals surface area contributed by atoms with Gasteiger partial charge in [-0.05, 0) is 55.5 Å². The van der Waals surface area contributed by atoms with Gasteiger partial charge < -0.3 is 10.2 Å². The lowest BCUT2D eigenvalue weighted by atomic mass is 10.1. The number of amides is 1. The van der Waals surface area contributed by atoms with Gasteiger partial charge in [0.25, 0.3) is 5.91 Å². The molecule has 1 atom stereocenters. The van der Waals surface area contributed by atoms with Crippen molar-refractivity contribution in [3.8, 4) is 0 Å². The molecule has 1 fully saturated rings. The molecule has 0 aliphatic carbocycles. The van der Waals surface area contributed by atoms with Crippen LogP contribution in [-0.4, -0.2) is 25.5 Å². The highest BCUT2D eigenvalue weighted by Crippen LogP contribution is 2.24. The summed E-state index contributed by atoms with van der Waals surface area (Å²) in [5.74, 6) is 0.556. The number of benzene rings is 2. The predicted octanol–water partition coefficient (Wildman–Crippen LogP) is 3.56. The number of carbonyl (C=O) groups excluding carboxylic acids is 1. The number of nitrogens with zero attached hydrogens (tertiary/aromatic N) is 1. The standard InChI is InChI=1S/C20H24N2O/c1-15-6-5-8-18(12-15)22-11-10-17(14-22)13-21-20(23)19-9-4-3-7-16(19)2/h3-9,12,17H,10-11,13-14H2,1-2H3,(H,21,23). The minimum absolute atomic E-state index is 0.0390. The summed E-state index contributed by atoms with van der Waals surface area (Å²) in [7, 11) is 0. The largest absolute Gasteiger partial charge is 0.371 e. The maximum Gasteiger partial charge on any atom is 0.251 e. The molecule has 3 nitrogen and oxygen atoms in total. The fraction of sp³-hybridized carbons (Fsp3) is 0.350. The van der Waals surface area contributed by atoms with Crippen molar-refractivity contribution in [3.05, 3.63) is 65.2 Å². The molecule has 120 valence electrons. The molecule has 2 aromatic rings. The lowest BCUT2D eigenvalue weighted by molar-refractivity contribution is 0.0947. The average Bonchev–Trinajstić information content (AvgIpc) is 3.02. The lowest BCUT2D eigenvalue weighted by Gasteiger charge is -2.19. The molecule has 3 rings (SSSR count). The quantitative estimate of drug-likeness (QED) is 0.936. The van der Waals surface area contributed by atoms with Crippen molar-refractivity contribution in [2.75, 3.05) is 24.5 Å². The number of rotatable bonds is 4. The second kappa shape index (κ2) is 6.86. The molecule has 23 heavy (non-hydrogen) atoms.